The maximum absolute atomic E-state index is 10.1. The van der Waals surface area contributed by atoms with Crippen molar-refractivity contribution >= 4 is 0 Å². The second-order valence-electron chi connectivity index (χ2n) is 1.27. The summed E-state index contributed by atoms with van der Waals surface area (Å²) >= 11 is 0. The molecule has 0 aromatic heterocycles. The van der Waals surface area contributed by atoms with Crippen LogP contribution in [0.4, 0.5) is 0 Å². The van der Waals surface area contributed by atoms with E-state index in [2.05, 4.69) is 0 Å². The summed E-state index contributed by atoms with van der Waals surface area (Å²) < 4.78 is 0. The van der Waals surface area contributed by atoms with Crippen molar-refractivity contribution in [3.05, 3.63) is 0 Å². The Morgan fingerprint density at radius 3 is 2.33 bits per heavy atom. The molecule has 37 valence electrons. The molecule has 0 aliphatic rings. The first-order valence-electron chi connectivity index (χ1n) is 2.17. The molecule has 1 atom stereocenters. The summed E-state index contributed by atoms with van der Waals surface area (Å²) in [4.78, 5) is 0. The van der Waals surface area contributed by atoms with Gasteiger partial charge in [-0.25, -0.2) is 5.11 Å². The van der Waals surface area contributed by atoms with Gasteiger partial charge >= 0.3 is 0 Å². The molecule has 0 fully saturated rings. The third-order valence-electron chi connectivity index (χ3n) is 0.718. The second-order valence-corrected chi connectivity index (χ2v) is 1.27. The molecule has 0 aliphatic heterocycles. The van der Waals surface area contributed by atoms with Crippen molar-refractivity contribution in [3.8, 4) is 0 Å². The van der Waals surface area contributed by atoms with Crippen LogP contribution in [0.2, 0.25) is 0 Å². The van der Waals surface area contributed by atoms with Gasteiger partial charge in [0.2, 0.25) is 0 Å². The molecule has 0 heterocycles. The topological polar surface area (TPSA) is 45.9 Å². The Morgan fingerprint density at radius 1 is 1.83 bits per heavy atom. The molecule has 6 heavy (non-hydrogen) atoms. The molecule has 1 unspecified atom stereocenters. The lowest BCUT2D eigenvalue weighted by Gasteiger charge is -1.94. The number of rotatable bonds is 2. The van der Waals surface area contributed by atoms with Gasteiger partial charge in [-0.1, -0.05) is 6.92 Å². The second kappa shape index (κ2) is 3.12. The lowest BCUT2D eigenvalue weighted by atomic mass is 10.3. The smallest absolute Gasteiger partial charge is 0.105 e. The summed E-state index contributed by atoms with van der Waals surface area (Å²) in [6.45, 7) is 2.11. The first-order chi connectivity index (χ1) is 2.81. The molecule has 2 heteroatoms. The van der Waals surface area contributed by atoms with Gasteiger partial charge in [-0.05, 0) is 6.42 Å². The standard InChI is InChI=1S/C4H10NO/c1-2-4(6)3-5/h4H,2-3,5H2,1H3. The van der Waals surface area contributed by atoms with Crippen molar-refractivity contribution in [2.75, 3.05) is 6.54 Å². The van der Waals surface area contributed by atoms with Crippen LogP contribution in [0.5, 0.6) is 0 Å². The van der Waals surface area contributed by atoms with Crippen molar-refractivity contribution in [1.29, 1.82) is 0 Å². The van der Waals surface area contributed by atoms with Gasteiger partial charge in [-0.15, -0.1) is 0 Å². The average Bonchev–Trinajstić information content (AvgIpc) is 1.65. The molecular weight excluding hydrogens is 78.1 g/mol. The molecular formula is C4H10NO. The zero-order valence-corrected chi connectivity index (χ0v) is 3.98. The minimum Gasteiger partial charge on any atom is -0.328 e. The fraction of sp³-hybridized carbons (Fsp3) is 1.00. The lowest BCUT2D eigenvalue weighted by Crippen LogP contribution is -2.16. The number of hydrogen-bond acceptors (Lipinski definition) is 1. The fourth-order valence-electron chi connectivity index (χ4n) is 0.167. The van der Waals surface area contributed by atoms with Crippen molar-refractivity contribution in [3.63, 3.8) is 0 Å². The molecule has 0 aliphatic carbocycles. The molecule has 0 amide bonds. The minimum absolute atomic E-state index is 0.274. The molecule has 2 N–H and O–H groups in total. The summed E-state index contributed by atoms with van der Waals surface area (Å²) in [7, 11) is 0. The molecule has 0 rings (SSSR count). The molecule has 0 spiro atoms. The first kappa shape index (κ1) is 5.92. The summed E-state index contributed by atoms with van der Waals surface area (Å²) in [6.07, 6.45) is 0.112. The highest BCUT2D eigenvalue weighted by Crippen LogP contribution is 1.83. The van der Waals surface area contributed by atoms with Gasteiger partial charge in [-0.3, -0.25) is 0 Å². The van der Waals surface area contributed by atoms with E-state index in [1.807, 2.05) is 6.92 Å². The zero-order chi connectivity index (χ0) is 4.99. The minimum atomic E-state index is -0.537. The number of hydrogen-bond donors (Lipinski definition) is 1. The van der Waals surface area contributed by atoms with E-state index in [1.54, 1.807) is 0 Å². The van der Waals surface area contributed by atoms with E-state index in [-0.39, 0.29) is 6.54 Å². The van der Waals surface area contributed by atoms with E-state index in [0.29, 0.717) is 6.42 Å². The molecule has 0 aromatic rings. The predicted molar refractivity (Wildman–Crippen MR) is 23.8 cm³/mol. The molecule has 2 nitrogen and oxygen atoms in total. The van der Waals surface area contributed by atoms with Gasteiger partial charge in [0, 0.05) is 6.54 Å². The normalized spacial score (nSPS) is 14.5. The highest BCUT2D eigenvalue weighted by molar-refractivity contribution is 4.47. The fourth-order valence-corrected chi connectivity index (χ4v) is 0.167. The Morgan fingerprint density at radius 2 is 2.33 bits per heavy atom. The molecule has 0 aromatic carbocycles. The Kier molecular flexibility index (Phi) is 3.08. The van der Waals surface area contributed by atoms with Crippen LogP contribution in [-0.2, 0) is 5.11 Å². The monoisotopic (exact) mass is 88.1 g/mol. The van der Waals surface area contributed by atoms with Crippen molar-refractivity contribution in [2.24, 2.45) is 5.73 Å². The summed E-state index contributed by atoms with van der Waals surface area (Å²) in [6, 6.07) is 0. The first-order valence-corrected chi connectivity index (χ1v) is 2.17. The van der Waals surface area contributed by atoms with Crippen LogP contribution in [0.3, 0.4) is 0 Å². The average molecular weight is 88.1 g/mol. The van der Waals surface area contributed by atoms with E-state index in [0.717, 1.165) is 0 Å². The third-order valence-corrected chi connectivity index (χ3v) is 0.718. The number of nitrogens with two attached hydrogens (primary N) is 1. The Balaban J connectivity index is 2.75. The maximum Gasteiger partial charge on any atom is 0.105 e. The van der Waals surface area contributed by atoms with Crippen molar-refractivity contribution in [1.82, 2.24) is 0 Å². The quantitative estimate of drug-likeness (QED) is 0.513. The van der Waals surface area contributed by atoms with E-state index in [9.17, 15) is 5.11 Å². The van der Waals surface area contributed by atoms with Crippen LogP contribution < -0.4 is 5.73 Å². The van der Waals surface area contributed by atoms with Gasteiger partial charge < -0.3 is 5.73 Å². The lowest BCUT2D eigenvalue weighted by molar-refractivity contribution is 0.0930. The van der Waals surface area contributed by atoms with E-state index in [4.69, 9.17) is 5.73 Å². The molecule has 0 saturated heterocycles. The van der Waals surface area contributed by atoms with E-state index < -0.39 is 6.10 Å². The van der Waals surface area contributed by atoms with Gasteiger partial charge in [0.05, 0.1) is 0 Å². The zero-order valence-electron chi connectivity index (χ0n) is 3.98. The maximum atomic E-state index is 10.1. The largest absolute Gasteiger partial charge is 0.328 e. The summed E-state index contributed by atoms with van der Waals surface area (Å²) in [5.41, 5.74) is 4.97. The van der Waals surface area contributed by atoms with Gasteiger partial charge in [-0.2, -0.15) is 0 Å². The van der Waals surface area contributed by atoms with Crippen LogP contribution in [0.15, 0.2) is 0 Å². The van der Waals surface area contributed by atoms with Gasteiger partial charge in [0.1, 0.15) is 6.10 Å². The Bertz CT molecular complexity index is 26.7. The highest BCUT2D eigenvalue weighted by atomic mass is 16.3. The van der Waals surface area contributed by atoms with Crippen LogP contribution in [0.25, 0.3) is 0 Å². The van der Waals surface area contributed by atoms with E-state index in [1.165, 1.54) is 0 Å². The Labute approximate surface area is 38.0 Å². The Hall–Kier alpha value is -0.0800. The predicted octanol–water partition coefficient (Wildman–Crippen LogP) is 0.154. The summed E-state index contributed by atoms with van der Waals surface area (Å²) in [5, 5.41) is 10.1. The van der Waals surface area contributed by atoms with Crippen LogP contribution >= 0.6 is 0 Å². The van der Waals surface area contributed by atoms with Crippen molar-refractivity contribution < 1.29 is 5.11 Å². The molecule has 0 bridgehead atoms. The van der Waals surface area contributed by atoms with E-state index >= 15 is 0 Å². The molecule has 0 saturated carbocycles. The summed E-state index contributed by atoms with van der Waals surface area (Å²) in [5.74, 6) is 0. The molecule has 1 radical (unpaired) electrons. The third kappa shape index (κ3) is 2.18. The van der Waals surface area contributed by atoms with Crippen LogP contribution in [0, 0.1) is 0 Å². The van der Waals surface area contributed by atoms with Gasteiger partial charge in [0.15, 0.2) is 0 Å². The van der Waals surface area contributed by atoms with Crippen LogP contribution in [-0.4, -0.2) is 12.6 Å². The van der Waals surface area contributed by atoms with Crippen LogP contribution in [0.1, 0.15) is 13.3 Å². The SMILES string of the molecule is CCC([O])CN. The van der Waals surface area contributed by atoms with Gasteiger partial charge in [0.25, 0.3) is 0 Å². The van der Waals surface area contributed by atoms with Crippen molar-refractivity contribution in [2.45, 2.75) is 19.4 Å². The highest BCUT2D eigenvalue weighted by Gasteiger charge is 1.94.